The number of hydrogen-bond acceptors (Lipinski definition) is 5. The fraction of sp³-hybridized carbons (Fsp3) is 0.143. The summed E-state index contributed by atoms with van der Waals surface area (Å²) >= 11 is 0. The molecule has 2 rings (SSSR count). The first-order valence-electron chi connectivity index (χ1n) is 5.82. The van der Waals surface area contributed by atoms with Crippen molar-refractivity contribution in [2.24, 2.45) is 0 Å². The second-order valence-electron chi connectivity index (χ2n) is 3.86. The van der Waals surface area contributed by atoms with Crippen molar-refractivity contribution in [2.45, 2.75) is 6.92 Å². The second-order valence-corrected chi connectivity index (χ2v) is 3.86. The molecule has 0 aliphatic heterocycles. The average Bonchev–Trinajstić information content (AvgIpc) is 2.98. The van der Waals surface area contributed by atoms with E-state index in [1.807, 2.05) is 0 Å². The van der Waals surface area contributed by atoms with Crippen LogP contribution in [-0.4, -0.2) is 19.0 Å². The Labute approximate surface area is 115 Å². The smallest absolute Gasteiger partial charge is 0.330 e. The van der Waals surface area contributed by atoms with Gasteiger partial charge in [0.05, 0.1) is 19.1 Å². The fourth-order valence-electron chi connectivity index (χ4n) is 1.56. The van der Waals surface area contributed by atoms with Crippen LogP contribution < -0.4 is 9.80 Å². The van der Waals surface area contributed by atoms with E-state index in [1.54, 1.807) is 30.3 Å². The molecule has 1 heterocycles. The summed E-state index contributed by atoms with van der Waals surface area (Å²) in [5.41, 5.74) is 0.391. The summed E-state index contributed by atoms with van der Waals surface area (Å²) in [6, 6.07) is 9.57. The van der Waals surface area contributed by atoms with E-state index >= 15 is 0 Å². The number of ether oxygens (including phenoxy) is 1. The first-order chi connectivity index (χ1) is 9.61. The molecule has 0 saturated carbocycles. The van der Waals surface area contributed by atoms with Gasteiger partial charge in [-0.3, -0.25) is 4.79 Å². The topological polar surface area (TPSA) is 69.0 Å². The van der Waals surface area contributed by atoms with Crippen LogP contribution >= 0.6 is 0 Å². The minimum atomic E-state index is -0.610. The van der Waals surface area contributed by atoms with Crippen molar-refractivity contribution in [3.05, 3.63) is 48.4 Å². The molecule has 0 atom stereocenters. The number of benzene rings is 1. The number of hydroxylamine groups is 1. The van der Waals surface area contributed by atoms with E-state index in [9.17, 15) is 9.59 Å². The molecule has 0 N–H and O–H groups in total. The van der Waals surface area contributed by atoms with Crippen LogP contribution in [0.15, 0.2) is 47.1 Å². The standard InChI is InChI=1S/C14H13NO5/c1-10(16)20-15(14(17)13-4-3-9-19-13)11-5-7-12(18-2)8-6-11/h3-9H,1-2H3. The lowest BCUT2D eigenvalue weighted by Gasteiger charge is -2.19. The van der Waals surface area contributed by atoms with Crippen LogP contribution in [0, 0.1) is 0 Å². The number of carbonyl (C=O) groups excluding carboxylic acids is 2. The summed E-state index contributed by atoms with van der Waals surface area (Å²) in [7, 11) is 1.53. The van der Waals surface area contributed by atoms with E-state index < -0.39 is 11.9 Å². The third-order valence-corrected chi connectivity index (χ3v) is 2.44. The number of anilines is 1. The van der Waals surface area contributed by atoms with Gasteiger partial charge in [0.15, 0.2) is 5.76 Å². The molecule has 0 aliphatic carbocycles. The van der Waals surface area contributed by atoms with E-state index in [-0.39, 0.29) is 5.76 Å². The van der Waals surface area contributed by atoms with Crippen LogP contribution in [0.25, 0.3) is 0 Å². The number of furan rings is 1. The van der Waals surface area contributed by atoms with Crippen LogP contribution in [0.5, 0.6) is 5.75 Å². The van der Waals surface area contributed by atoms with Crippen LogP contribution in [0.1, 0.15) is 17.5 Å². The summed E-state index contributed by atoms with van der Waals surface area (Å²) in [6.07, 6.45) is 1.37. The van der Waals surface area contributed by atoms with E-state index in [2.05, 4.69) is 0 Å². The van der Waals surface area contributed by atoms with Gasteiger partial charge in [0.25, 0.3) is 0 Å². The van der Waals surface area contributed by atoms with Gasteiger partial charge in [0, 0.05) is 6.92 Å². The minimum Gasteiger partial charge on any atom is -0.497 e. The predicted molar refractivity (Wildman–Crippen MR) is 70.3 cm³/mol. The maximum absolute atomic E-state index is 12.2. The highest BCUT2D eigenvalue weighted by molar-refractivity contribution is 6.03. The molecule has 1 aromatic heterocycles. The molecule has 1 amide bonds. The maximum atomic E-state index is 12.2. The van der Waals surface area contributed by atoms with Crippen molar-refractivity contribution < 1.29 is 23.6 Å². The van der Waals surface area contributed by atoms with Crippen molar-refractivity contribution in [3.63, 3.8) is 0 Å². The van der Waals surface area contributed by atoms with Crippen LogP contribution in [0.4, 0.5) is 5.69 Å². The molecule has 6 heteroatoms. The molecule has 6 nitrogen and oxygen atoms in total. The molecule has 104 valence electrons. The Morgan fingerprint density at radius 1 is 1.15 bits per heavy atom. The molecular weight excluding hydrogens is 262 g/mol. The lowest BCUT2D eigenvalue weighted by molar-refractivity contribution is -0.141. The van der Waals surface area contributed by atoms with Crippen LogP contribution in [0.3, 0.4) is 0 Å². The zero-order valence-corrected chi connectivity index (χ0v) is 11.0. The second kappa shape index (κ2) is 5.92. The van der Waals surface area contributed by atoms with Gasteiger partial charge in [-0.15, -0.1) is 5.06 Å². The lowest BCUT2D eigenvalue weighted by atomic mass is 10.3. The number of hydrogen-bond donors (Lipinski definition) is 0. The van der Waals surface area contributed by atoms with Crippen molar-refractivity contribution in [1.82, 2.24) is 0 Å². The lowest BCUT2D eigenvalue weighted by Crippen LogP contribution is -2.32. The number of rotatable bonds is 3. The van der Waals surface area contributed by atoms with Gasteiger partial charge in [-0.2, -0.15) is 0 Å². The molecular formula is C14H13NO5. The normalized spacial score (nSPS) is 9.90. The van der Waals surface area contributed by atoms with Crippen molar-refractivity contribution >= 4 is 17.6 Å². The Kier molecular flexibility index (Phi) is 4.05. The van der Waals surface area contributed by atoms with Crippen LogP contribution in [-0.2, 0) is 9.63 Å². The molecule has 20 heavy (non-hydrogen) atoms. The van der Waals surface area contributed by atoms with E-state index in [0.29, 0.717) is 11.4 Å². The monoisotopic (exact) mass is 275 g/mol. The van der Waals surface area contributed by atoms with Crippen molar-refractivity contribution in [3.8, 4) is 5.75 Å². The number of carbonyl (C=O) groups is 2. The molecule has 1 aromatic carbocycles. The molecule has 0 saturated heterocycles. The molecule has 2 aromatic rings. The molecule has 0 radical (unpaired) electrons. The van der Waals surface area contributed by atoms with Gasteiger partial charge in [0.2, 0.25) is 0 Å². The van der Waals surface area contributed by atoms with Gasteiger partial charge in [-0.25, -0.2) is 4.79 Å². The first kappa shape index (κ1) is 13.7. The van der Waals surface area contributed by atoms with E-state index in [1.165, 1.54) is 26.4 Å². The van der Waals surface area contributed by atoms with Gasteiger partial charge in [-0.1, -0.05) is 0 Å². The van der Waals surface area contributed by atoms with Crippen molar-refractivity contribution in [1.29, 1.82) is 0 Å². The van der Waals surface area contributed by atoms with Gasteiger partial charge in [0.1, 0.15) is 5.75 Å². The molecule has 0 bridgehead atoms. The Hall–Kier alpha value is -2.76. The summed E-state index contributed by atoms with van der Waals surface area (Å²) in [4.78, 5) is 28.3. The predicted octanol–water partition coefficient (Wildman–Crippen LogP) is 2.41. The zero-order chi connectivity index (χ0) is 14.5. The Morgan fingerprint density at radius 2 is 1.85 bits per heavy atom. The highest BCUT2D eigenvalue weighted by atomic mass is 16.7. The quantitative estimate of drug-likeness (QED) is 0.804. The molecule has 0 spiro atoms. The van der Waals surface area contributed by atoms with Gasteiger partial charge < -0.3 is 14.0 Å². The summed E-state index contributed by atoms with van der Waals surface area (Å²) in [5.74, 6) is -0.486. The van der Waals surface area contributed by atoms with E-state index in [4.69, 9.17) is 14.0 Å². The maximum Gasteiger partial charge on any atom is 0.330 e. The zero-order valence-electron chi connectivity index (χ0n) is 11.0. The molecule has 0 aliphatic rings. The summed E-state index contributed by atoms with van der Waals surface area (Å²) < 4.78 is 10.1. The highest BCUT2D eigenvalue weighted by Crippen LogP contribution is 2.21. The average molecular weight is 275 g/mol. The first-order valence-corrected chi connectivity index (χ1v) is 5.82. The van der Waals surface area contributed by atoms with Gasteiger partial charge in [-0.05, 0) is 36.4 Å². The van der Waals surface area contributed by atoms with E-state index in [0.717, 1.165) is 5.06 Å². The minimum absolute atomic E-state index is 0.0714. The van der Waals surface area contributed by atoms with Crippen LogP contribution in [0.2, 0.25) is 0 Å². The SMILES string of the molecule is COc1ccc(N(OC(C)=O)C(=O)c2ccco2)cc1. The number of methoxy groups -OCH3 is 1. The van der Waals surface area contributed by atoms with Crippen molar-refractivity contribution in [2.75, 3.05) is 12.2 Å². The number of amides is 1. The fourth-order valence-corrected chi connectivity index (χ4v) is 1.56. The summed E-state index contributed by atoms with van der Waals surface area (Å²) in [6.45, 7) is 1.21. The Balaban J connectivity index is 2.31. The molecule has 0 fully saturated rings. The Morgan fingerprint density at radius 3 is 2.35 bits per heavy atom. The Bertz CT molecular complexity index is 589. The third kappa shape index (κ3) is 2.97. The van der Waals surface area contributed by atoms with Gasteiger partial charge >= 0.3 is 11.9 Å². The summed E-state index contributed by atoms with van der Waals surface area (Å²) in [5, 5.41) is 0.876. The third-order valence-electron chi connectivity index (χ3n) is 2.44. The largest absolute Gasteiger partial charge is 0.497 e. The highest BCUT2D eigenvalue weighted by Gasteiger charge is 2.23. The molecule has 0 unspecified atom stereocenters. The number of nitrogens with zero attached hydrogens (tertiary/aromatic N) is 1.